The highest BCUT2D eigenvalue weighted by atomic mass is 16.5. The Kier molecular flexibility index (Phi) is 4.07. The number of pyridine rings is 2. The van der Waals surface area contributed by atoms with E-state index >= 15 is 0 Å². The third-order valence-electron chi connectivity index (χ3n) is 5.06. The first-order chi connectivity index (χ1) is 14.3. The zero-order valence-corrected chi connectivity index (χ0v) is 15.9. The van der Waals surface area contributed by atoms with Gasteiger partial charge in [0.25, 0.3) is 0 Å². The second-order valence-corrected chi connectivity index (χ2v) is 6.83. The first kappa shape index (κ1) is 17.2. The number of nitriles is 1. The molecule has 0 fully saturated rings. The summed E-state index contributed by atoms with van der Waals surface area (Å²) in [6.45, 7) is 2.31. The van der Waals surface area contributed by atoms with Gasteiger partial charge in [-0.05, 0) is 41.5 Å². The van der Waals surface area contributed by atoms with Crippen molar-refractivity contribution in [2.24, 2.45) is 0 Å². The molecule has 0 atom stereocenters. The van der Waals surface area contributed by atoms with Crippen LogP contribution in [0.3, 0.4) is 0 Å². The molecule has 2 heterocycles. The Bertz CT molecular complexity index is 1420. The number of hydrogen-bond acceptors (Lipinski definition) is 4. The number of benzene rings is 3. The zero-order chi connectivity index (χ0) is 19.8. The molecule has 5 aromatic rings. The summed E-state index contributed by atoms with van der Waals surface area (Å²) in [5, 5.41) is 14.1. The van der Waals surface area contributed by atoms with E-state index in [4.69, 9.17) is 9.72 Å². The van der Waals surface area contributed by atoms with Crippen molar-refractivity contribution in [3.63, 3.8) is 0 Å². The van der Waals surface area contributed by atoms with Gasteiger partial charge in [0.05, 0.1) is 12.1 Å². The van der Waals surface area contributed by atoms with E-state index in [-0.39, 0.29) is 0 Å². The fourth-order valence-electron chi connectivity index (χ4n) is 3.77. The third kappa shape index (κ3) is 2.84. The second-order valence-electron chi connectivity index (χ2n) is 6.83. The Morgan fingerprint density at radius 3 is 2.31 bits per heavy atom. The van der Waals surface area contributed by atoms with Gasteiger partial charge in [-0.15, -0.1) is 0 Å². The third-order valence-corrected chi connectivity index (χ3v) is 5.06. The monoisotopic (exact) mass is 375 g/mol. The molecule has 0 aliphatic rings. The van der Waals surface area contributed by atoms with Gasteiger partial charge in [-0.25, -0.2) is 4.98 Å². The van der Waals surface area contributed by atoms with Crippen molar-refractivity contribution in [2.75, 3.05) is 6.61 Å². The van der Waals surface area contributed by atoms with Crippen molar-refractivity contribution in [3.05, 3.63) is 78.4 Å². The average Bonchev–Trinajstić information content (AvgIpc) is 2.76. The van der Waals surface area contributed by atoms with Crippen molar-refractivity contribution in [2.45, 2.75) is 6.92 Å². The number of hydrogen-bond donors (Lipinski definition) is 0. The zero-order valence-electron chi connectivity index (χ0n) is 15.9. The molecule has 0 saturated carbocycles. The minimum Gasteiger partial charge on any atom is -0.477 e. The number of fused-ring (bicyclic) bond motifs is 3. The van der Waals surface area contributed by atoms with Crippen LogP contribution in [0.4, 0.5) is 0 Å². The summed E-state index contributed by atoms with van der Waals surface area (Å²) in [6, 6.07) is 26.7. The van der Waals surface area contributed by atoms with E-state index in [1.807, 2.05) is 49.4 Å². The Hall–Kier alpha value is -3.97. The smallest absolute Gasteiger partial charge is 0.234 e. The number of nitrogens with zero attached hydrogens (tertiary/aromatic N) is 3. The lowest BCUT2D eigenvalue weighted by Crippen LogP contribution is -2.02. The van der Waals surface area contributed by atoms with Gasteiger partial charge in [-0.2, -0.15) is 10.2 Å². The molecule has 0 amide bonds. The van der Waals surface area contributed by atoms with E-state index in [1.54, 1.807) is 0 Å². The fraction of sp³-hybridized carbons (Fsp3) is 0.0800. The van der Waals surface area contributed by atoms with Crippen molar-refractivity contribution in [1.29, 1.82) is 5.26 Å². The molecule has 0 unspecified atom stereocenters. The van der Waals surface area contributed by atoms with Crippen LogP contribution in [0.25, 0.3) is 43.8 Å². The van der Waals surface area contributed by atoms with Gasteiger partial charge >= 0.3 is 0 Å². The molecule has 4 nitrogen and oxygen atoms in total. The van der Waals surface area contributed by atoms with E-state index < -0.39 is 0 Å². The summed E-state index contributed by atoms with van der Waals surface area (Å²) in [7, 11) is 0. The molecule has 138 valence electrons. The van der Waals surface area contributed by atoms with Crippen LogP contribution in [0.5, 0.6) is 5.88 Å². The first-order valence-electron chi connectivity index (χ1n) is 9.54. The normalized spacial score (nSPS) is 11.0. The Balaban J connectivity index is 1.93. The van der Waals surface area contributed by atoms with Crippen molar-refractivity contribution in [3.8, 4) is 23.1 Å². The highest BCUT2D eigenvalue weighted by Gasteiger charge is 2.19. The molecule has 0 bridgehead atoms. The van der Waals surface area contributed by atoms with E-state index in [2.05, 4.69) is 41.4 Å². The Labute approximate surface area is 168 Å². The lowest BCUT2D eigenvalue weighted by Gasteiger charge is -2.14. The van der Waals surface area contributed by atoms with Gasteiger partial charge in [0.1, 0.15) is 11.6 Å². The van der Waals surface area contributed by atoms with Crippen LogP contribution < -0.4 is 4.74 Å². The summed E-state index contributed by atoms with van der Waals surface area (Å²) < 4.78 is 5.71. The van der Waals surface area contributed by atoms with Crippen LogP contribution in [0.15, 0.2) is 72.8 Å². The molecular weight excluding hydrogens is 358 g/mol. The minimum atomic E-state index is 0.328. The number of rotatable bonds is 3. The van der Waals surface area contributed by atoms with E-state index in [0.717, 1.165) is 38.2 Å². The van der Waals surface area contributed by atoms with Crippen molar-refractivity contribution < 1.29 is 4.74 Å². The van der Waals surface area contributed by atoms with Crippen molar-refractivity contribution >= 4 is 32.7 Å². The topological polar surface area (TPSA) is 58.8 Å². The number of ether oxygens (including phenoxy) is 1. The molecule has 3 aromatic carbocycles. The maximum atomic E-state index is 9.91. The molecule has 0 aliphatic carbocycles. The summed E-state index contributed by atoms with van der Waals surface area (Å²) >= 11 is 0. The SMILES string of the molecule is CCOc1nc2nc3cc4ccccc4cc3cc2c(-c2ccccc2)c1C#N. The van der Waals surface area contributed by atoms with Crippen LogP contribution in [-0.2, 0) is 0 Å². The van der Waals surface area contributed by atoms with Gasteiger partial charge < -0.3 is 4.74 Å². The molecule has 0 N–H and O–H groups in total. The quantitative estimate of drug-likeness (QED) is 0.370. The molecule has 0 radical (unpaired) electrons. The predicted octanol–water partition coefficient (Wildman–Crippen LogP) is 5.87. The van der Waals surface area contributed by atoms with Crippen LogP contribution in [0.2, 0.25) is 0 Å². The van der Waals surface area contributed by atoms with E-state index in [9.17, 15) is 5.26 Å². The lowest BCUT2D eigenvalue weighted by atomic mass is 9.96. The Morgan fingerprint density at radius 2 is 1.59 bits per heavy atom. The molecule has 4 heteroatoms. The summed E-state index contributed by atoms with van der Waals surface area (Å²) in [5.41, 5.74) is 3.64. The van der Waals surface area contributed by atoms with Crippen LogP contribution >= 0.6 is 0 Å². The Morgan fingerprint density at radius 1 is 0.862 bits per heavy atom. The average molecular weight is 375 g/mol. The molecule has 0 saturated heterocycles. The highest BCUT2D eigenvalue weighted by Crippen LogP contribution is 2.37. The molecule has 0 spiro atoms. The molecule has 0 aliphatic heterocycles. The van der Waals surface area contributed by atoms with E-state index in [0.29, 0.717) is 23.7 Å². The summed E-state index contributed by atoms with van der Waals surface area (Å²) in [4.78, 5) is 9.43. The standard InChI is InChI=1S/C25H17N3O/c1-2-29-25-21(15-26)23(16-8-4-3-5-9-16)20-13-19-12-17-10-6-7-11-18(17)14-22(19)27-24(20)28-25/h3-14H,2H2,1H3. The summed E-state index contributed by atoms with van der Waals surface area (Å²) in [5.74, 6) is 0.328. The van der Waals surface area contributed by atoms with Gasteiger partial charge in [-0.3, -0.25) is 0 Å². The minimum absolute atomic E-state index is 0.328. The van der Waals surface area contributed by atoms with Gasteiger partial charge in [0.2, 0.25) is 5.88 Å². The maximum absolute atomic E-state index is 9.91. The maximum Gasteiger partial charge on any atom is 0.234 e. The molecule has 5 rings (SSSR count). The summed E-state index contributed by atoms with van der Waals surface area (Å²) in [6.07, 6.45) is 0. The molecule has 2 aromatic heterocycles. The first-order valence-corrected chi connectivity index (χ1v) is 9.54. The van der Waals surface area contributed by atoms with Crippen LogP contribution in [-0.4, -0.2) is 16.6 Å². The lowest BCUT2D eigenvalue weighted by molar-refractivity contribution is 0.327. The van der Waals surface area contributed by atoms with E-state index in [1.165, 1.54) is 0 Å². The molecular formula is C25H17N3O. The largest absolute Gasteiger partial charge is 0.477 e. The fourth-order valence-corrected chi connectivity index (χ4v) is 3.77. The van der Waals surface area contributed by atoms with Crippen LogP contribution in [0.1, 0.15) is 12.5 Å². The predicted molar refractivity (Wildman–Crippen MR) is 116 cm³/mol. The van der Waals surface area contributed by atoms with Crippen molar-refractivity contribution in [1.82, 2.24) is 9.97 Å². The van der Waals surface area contributed by atoms with Gasteiger partial charge in [-0.1, -0.05) is 54.6 Å². The second kappa shape index (κ2) is 6.88. The van der Waals surface area contributed by atoms with Gasteiger partial charge in [0.15, 0.2) is 5.65 Å². The van der Waals surface area contributed by atoms with Gasteiger partial charge in [0, 0.05) is 16.3 Å². The highest BCUT2D eigenvalue weighted by molar-refractivity contribution is 6.05. The van der Waals surface area contributed by atoms with Crippen LogP contribution in [0, 0.1) is 11.3 Å². The molecule has 29 heavy (non-hydrogen) atoms. The number of aromatic nitrogens is 2.